The van der Waals surface area contributed by atoms with E-state index in [0.717, 1.165) is 35.6 Å². The molecule has 0 aliphatic heterocycles. The summed E-state index contributed by atoms with van der Waals surface area (Å²) < 4.78 is 49.6. The van der Waals surface area contributed by atoms with Gasteiger partial charge in [0.05, 0.1) is 17.7 Å². The first-order valence-corrected chi connectivity index (χ1v) is 17.3. The first kappa shape index (κ1) is 33.9. The van der Waals surface area contributed by atoms with Crippen LogP contribution < -0.4 is 14.4 Å². The van der Waals surface area contributed by atoms with Crippen LogP contribution in [0.5, 0.6) is 5.75 Å². The first-order chi connectivity index (χ1) is 22.7. The van der Waals surface area contributed by atoms with Gasteiger partial charge in [-0.25, -0.2) is 12.8 Å². The van der Waals surface area contributed by atoms with Gasteiger partial charge in [-0.15, -0.1) is 0 Å². The Hall–Kier alpha value is -4.41. The molecule has 0 aromatic heterocycles. The van der Waals surface area contributed by atoms with Crippen molar-refractivity contribution in [3.05, 3.63) is 125 Å². The van der Waals surface area contributed by atoms with E-state index in [1.165, 1.54) is 66.6 Å². The van der Waals surface area contributed by atoms with Crippen molar-refractivity contribution in [3.8, 4) is 5.75 Å². The van der Waals surface area contributed by atoms with Crippen LogP contribution in [0.2, 0.25) is 5.02 Å². The quantitative estimate of drug-likeness (QED) is 0.177. The topological polar surface area (TPSA) is 96.0 Å². The second-order valence-electron chi connectivity index (χ2n) is 11.5. The van der Waals surface area contributed by atoms with E-state index in [2.05, 4.69) is 5.32 Å². The molecule has 4 aromatic carbocycles. The standard InChI is InChI=1S/C36H37ClFN3O5S/c1-46-31-19-21-32(22-20-31)47(44,45)41(30-17-15-28(37)16-18-30)25-35(42)40(24-27-11-5-8-14-33(27)38)34(23-26-9-3-2-4-10-26)36(43)39-29-12-6-7-13-29/h2-5,8-11,14-22,29,34H,6-7,12-13,23-25H2,1H3,(H,39,43)/t34-/m1/s1. The predicted octanol–water partition coefficient (Wildman–Crippen LogP) is 6.38. The molecule has 11 heteroatoms. The maximum Gasteiger partial charge on any atom is 0.264 e. The number of carbonyl (C=O) groups is 2. The Morgan fingerprint density at radius 3 is 2.19 bits per heavy atom. The summed E-state index contributed by atoms with van der Waals surface area (Å²) in [5.41, 5.74) is 1.19. The number of carbonyl (C=O) groups excluding carboxylic acids is 2. The number of halogens is 2. The smallest absolute Gasteiger partial charge is 0.264 e. The minimum absolute atomic E-state index is 0.0350. The monoisotopic (exact) mass is 677 g/mol. The van der Waals surface area contributed by atoms with Crippen LogP contribution >= 0.6 is 11.6 Å². The van der Waals surface area contributed by atoms with Gasteiger partial charge in [0.1, 0.15) is 24.2 Å². The molecule has 0 spiro atoms. The SMILES string of the molecule is COc1ccc(S(=O)(=O)N(CC(=O)N(Cc2ccccc2F)[C@H](Cc2ccccc2)C(=O)NC2CCCC2)c2ccc(Cl)cc2)cc1. The zero-order chi connectivity index (χ0) is 33.4. The van der Waals surface area contributed by atoms with E-state index in [0.29, 0.717) is 10.8 Å². The molecular formula is C36H37ClFN3O5S. The normalized spacial score (nSPS) is 13.9. The number of nitrogens with one attached hydrogen (secondary N) is 1. The highest BCUT2D eigenvalue weighted by atomic mass is 35.5. The fourth-order valence-electron chi connectivity index (χ4n) is 5.74. The Morgan fingerprint density at radius 1 is 0.915 bits per heavy atom. The average Bonchev–Trinajstić information content (AvgIpc) is 3.60. The molecule has 4 aromatic rings. The summed E-state index contributed by atoms with van der Waals surface area (Å²) in [5.74, 6) is -1.13. The number of amides is 2. The zero-order valence-electron chi connectivity index (χ0n) is 26.0. The van der Waals surface area contributed by atoms with Gasteiger partial charge in [0.15, 0.2) is 0 Å². The van der Waals surface area contributed by atoms with Crippen molar-refractivity contribution in [2.24, 2.45) is 0 Å². The largest absolute Gasteiger partial charge is 0.497 e. The van der Waals surface area contributed by atoms with E-state index >= 15 is 4.39 Å². The van der Waals surface area contributed by atoms with Crippen LogP contribution in [-0.2, 0) is 32.6 Å². The van der Waals surface area contributed by atoms with E-state index in [-0.39, 0.29) is 41.1 Å². The highest BCUT2D eigenvalue weighted by Gasteiger charge is 2.36. The van der Waals surface area contributed by atoms with Crippen molar-refractivity contribution >= 4 is 39.1 Å². The van der Waals surface area contributed by atoms with E-state index < -0.39 is 34.3 Å². The number of nitrogens with zero attached hydrogens (tertiary/aromatic N) is 2. The molecule has 0 heterocycles. The van der Waals surface area contributed by atoms with Crippen molar-refractivity contribution in [2.45, 2.75) is 55.6 Å². The Bertz CT molecular complexity index is 1770. The van der Waals surface area contributed by atoms with Crippen molar-refractivity contribution in [2.75, 3.05) is 18.0 Å². The van der Waals surface area contributed by atoms with Crippen LogP contribution in [0, 0.1) is 5.82 Å². The number of ether oxygens (including phenoxy) is 1. The van der Waals surface area contributed by atoms with Crippen molar-refractivity contribution in [3.63, 3.8) is 0 Å². The lowest BCUT2D eigenvalue weighted by Crippen LogP contribution is -2.54. The van der Waals surface area contributed by atoms with Crippen LogP contribution in [-0.4, -0.2) is 50.9 Å². The molecule has 0 bridgehead atoms. The molecule has 5 rings (SSSR count). The number of anilines is 1. The molecule has 0 saturated heterocycles. The van der Waals surface area contributed by atoms with Gasteiger partial charge in [-0.2, -0.15) is 0 Å². The summed E-state index contributed by atoms with van der Waals surface area (Å²) in [6.45, 7) is -0.912. The highest BCUT2D eigenvalue weighted by Crippen LogP contribution is 2.28. The zero-order valence-corrected chi connectivity index (χ0v) is 27.6. The number of hydrogen-bond acceptors (Lipinski definition) is 5. The summed E-state index contributed by atoms with van der Waals surface area (Å²) in [5, 5.41) is 3.49. The summed E-state index contributed by atoms with van der Waals surface area (Å²) in [6, 6.07) is 26.1. The average molecular weight is 678 g/mol. The highest BCUT2D eigenvalue weighted by molar-refractivity contribution is 7.92. The Morgan fingerprint density at radius 2 is 1.55 bits per heavy atom. The van der Waals surface area contributed by atoms with Crippen LogP contribution in [0.4, 0.5) is 10.1 Å². The second kappa shape index (κ2) is 15.5. The van der Waals surface area contributed by atoms with Crippen molar-refractivity contribution in [1.82, 2.24) is 10.2 Å². The van der Waals surface area contributed by atoms with E-state index in [1.807, 2.05) is 30.3 Å². The Labute approximate surface area is 280 Å². The van der Waals surface area contributed by atoms with E-state index in [4.69, 9.17) is 16.3 Å². The summed E-state index contributed by atoms with van der Waals surface area (Å²) >= 11 is 6.13. The van der Waals surface area contributed by atoms with Gasteiger partial charge in [-0.05, 0) is 73.0 Å². The third-order valence-corrected chi connectivity index (χ3v) is 10.4. The van der Waals surface area contributed by atoms with Gasteiger partial charge in [-0.3, -0.25) is 13.9 Å². The summed E-state index contributed by atoms with van der Waals surface area (Å²) in [6.07, 6.45) is 3.79. The van der Waals surface area contributed by atoms with Crippen LogP contribution in [0.25, 0.3) is 0 Å². The summed E-state index contributed by atoms with van der Waals surface area (Å²) in [4.78, 5) is 29.8. The third kappa shape index (κ3) is 8.50. The molecule has 2 amide bonds. The fourth-order valence-corrected chi connectivity index (χ4v) is 7.28. The van der Waals surface area contributed by atoms with E-state index in [9.17, 15) is 18.0 Å². The lowest BCUT2D eigenvalue weighted by atomic mass is 10.0. The molecule has 8 nitrogen and oxygen atoms in total. The molecule has 0 unspecified atom stereocenters. The Kier molecular flexibility index (Phi) is 11.2. The van der Waals surface area contributed by atoms with Gasteiger partial charge >= 0.3 is 0 Å². The third-order valence-electron chi connectivity index (χ3n) is 8.31. The molecule has 47 heavy (non-hydrogen) atoms. The number of benzene rings is 4. The predicted molar refractivity (Wildman–Crippen MR) is 180 cm³/mol. The van der Waals surface area contributed by atoms with E-state index in [1.54, 1.807) is 18.2 Å². The lowest BCUT2D eigenvalue weighted by Gasteiger charge is -2.34. The van der Waals surface area contributed by atoms with Gasteiger partial charge in [0.25, 0.3) is 10.0 Å². The minimum atomic E-state index is -4.31. The molecular weight excluding hydrogens is 641 g/mol. The van der Waals surface area contributed by atoms with Gasteiger partial charge in [0.2, 0.25) is 11.8 Å². The molecule has 1 aliphatic rings. The van der Waals surface area contributed by atoms with Crippen LogP contribution in [0.3, 0.4) is 0 Å². The van der Waals surface area contributed by atoms with Crippen LogP contribution in [0.1, 0.15) is 36.8 Å². The minimum Gasteiger partial charge on any atom is -0.497 e. The van der Waals surface area contributed by atoms with Crippen LogP contribution in [0.15, 0.2) is 108 Å². The number of sulfonamides is 1. The van der Waals surface area contributed by atoms with Crippen molar-refractivity contribution in [1.29, 1.82) is 0 Å². The maximum absolute atomic E-state index is 15.1. The number of rotatable bonds is 13. The summed E-state index contributed by atoms with van der Waals surface area (Å²) in [7, 11) is -2.84. The molecule has 1 aliphatic carbocycles. The molecule has 1 fully saturated rings. The fraction of sp³-hybridized carbons (Fsp3) is 0.278. The number of methoxy groups -OCH3 is 1. The van der Waals surface area contributed by atoms with Gasteiger partial charge < -0.3 is 15.0 Å². The lowest BCUT2D eigenvalue weighted by molar-refractivity contribution is -0.140. The molecule has 1 saturated carbocycles. The van der Waals surface area contributed by atoms with Gasteiger partial charge in [-0.1, -0.05) is 73.0 Å². The molecule has 1 N–H and O–H groups in total. The van der Waals surface area contributed by atoms with Gasteiger partial charge in [0, 0.05) is 29.6 Å². The molecule has 1 atom stereocenters. The molecule has 0 radical (unpaired) electrons. The Balaban J connectivity index is 1.56. The van der Waals surface area contributed by atoms with Crippen molar-refractivity contribution < 1.29 is 27.1 Å². The molecule has 246 valence electrons. The first-order valence-electron chi connectivity index (χ1n) is 15.5. The number of hydrogen-bond donors (Lipinski definition) is 1. The second-order valence-corrected chi connectivity index (χ2v) is 13.8. The maximum atomic E-state index is 15.1.